The summed E-state index contributed by atoms with van der Waals surface area (Å²) in [5.41, 5.74) is 3.59. The van der Waals surface area contributed by atoms with Crippen molar-refractivity contribution < 1.29 is 23.8 Å². The molecule has 0 saturated heterocycles. The highest BCUT2D eigenvalue weighted by Gasteiger charge is 2.31. The standard InChI is InChI=1S/C23H24FN3O4/c1-2-17(22(28)29)27-18-9-8-15(12-16(18)21-19(27)10-11-20(24)26-21)25-23(30)31-13-14-6-4-3-5-7-14/h3-7,10-11,15,17H,2,8-9,12-13H2,1H3,(H,25,30)(H,28,29). The molecule has 0 fully saturated rings. The van der Waals surface area contributed by atoms with Crippen LogP contribution >= 0.6 is 0 Å². The molecule has 2 aromatic heterocycles. The van der Waals surface area contributed by atoms with Crippen molar-refractivity contribution in [2.45, 2.75) is 51.3 Å². The maximum atomic E-state index is 13.9. The summed E-state index contributed by atoms with van der Waals surface area (Å²) in [5, 5.41) is 12.6. The van der Waals surface area contributed by atoms with E-state index in [9.17, 15) is 19.1 Å². The number of ether oxygens (including phenoxy) is 1. The number of nitrogens with one attached hydrogen (secondary N) is 1. The summed E-state index contributed by atoms with van der Waals surface area (Å²) in [6.45, 7) is 1.98. The van der Waals surface area contributed by atoms with Crippen molar-refractivity contribution in [3.63, 3.8) is 0 Å². The number of fused-ring (bicyclic) bond motifs is 3. The highest BCUT2D eigenvalue weighted by molar-refractivity contribution is 5.85. The molecular weight excluding hydrogens is 401 g/mol. The molecule has 8 heteroatoms. The van der Waals surface area contributed by atoms with Crippen molar-refractivity contribution in [1.29, 1.82) is 0 Å². The van der Waals surface area contributed by atoms with Gasteiger partial charge < -0.3 is 19.7 Å². The van der Waals surface area contributed by atoms with E-state index in [2.05, 4.69) is 10.3 Å². The number of hydrogen-bond donors (Lipinski definition) is 2. The Kier molecular flexibility index (Phi) is 5.88. The fourth-order valence-electron chi connectivity index (χ4n) is 4.30. The molecule has 1 aliphatic rings. The molecule has 2 N–H and O–H groups in total. The second kappa shape index (κ2) is 8.75. The van der Waals surface area contributed by atoms with Crippen molar-refractivity contribution in [3.8, 4) is 0 Å². The van der Waals surface area contributed by atoms with Gasteiger partial charge in [0, 0.05) is 17.3 Å². The molecule has 4 rings (SSSR count). The largest absolute Gasteiger partial charge is 0.480 e. The molecule has 7 nitrogen and oxygen atoms in total. The molecule has 1 aromatic carbocycles. The van der Waals surface area contributed by atoms with Crippen LogP contribution in [0.3, 0.4) is 0 Å². The SMILES string of the molecule is CCC(C(=O)O)n1c2c(c3nc(F)ccc31)CC(NC(=O)OCc1ccccc1)CC2. The number of amides is 1. The molecule has 3 aromatic rings. The van der Waals surface area contributed by atoms with Gasteiger partial charge in [0.1, 0.15) is 12.6 Å². The van der Waals surface area contributed by atoms with Gasteiger partial charge in [0.25, 0.3) is 0 Å². The topological polar surface area (TPSA) is 93.5 Å². The molecule has 0 aliphatic heterocycles. The van der Waals surface area contributed by atoms with E-state index in [0.29, 0.717) is 36.7 Å². The molecule has 0 spiro atoms. The van der Waals surface area contributed by atoms with Crippen LogP contribution in [0.25, 0.3) is 11.0 Å². The smallest absolute Gasteiger partial charge is 0.407 e. The lowest BCUT2D eigenvalue weighted by molar-refractivity contribution is -0.140. The Morgan fingerprint density at radius 2 is 2.06 bits per heavy atom. The summed E-state index contributed by atoms with van der Waals surface area (Å²) in [4.78, 5) is 28.2. The van der Waals surface area contributed by atoms with E-state index in [-0.39, 0.29) is 12.6 Å². The van der Waals surface area contributed by atoms with Gasteiger partial charge in [-0.1, -0.05) is 37.3 Å². The Balaban J connectivity index is 1.56. The van der Waals surface area contributed by atoms with E-state index in [0.717, 1.165) is 16.8 Å². The Bertz CT molecular complexity index is 1110. The number of alkyl carbamates (subject to hydrolysis) is 1. The molecule has 31 heavy (non-hydrogen) atoms. The molecule has 2 atom stereocenters. The average Bonchev–Trinajstić information content (AvgIpc) is 3.06. The Labute approximate surface area is 178 Å². The van der Waals surface area contributed by atoms with Gasteiger partial charge in [-0.15, -0.1) is 0 Å². The van der Waals surface area contributed by atoms with E-state index in [1.165, 1.54) is 6.07 Å². The average molecular weight is 425 g/mol. The number of benzene rings is 1. The third-order valence-corrected chi connectivity index (χ3v) is 5.72. The highest BCUT2D eigenvalue weighted by Crippen LogP contribution is 2.35. The summed E-state index contributed by atoms with van der Waals surface area (Å²) in [5.74, 6) is -1.55. The quantitative estimate of drug-likeness (QED) is 0.583. The van der Waals surface area contributed by atoms with Crippen molar-refractivity contribution >= 4 is 23.1 Å². The number of aromatic nitrogens is 2. The molecule has 1 aliphatic carbocycles. The lowest BCUT2D eigenvalue weighted by Gasteiger charge is -2.26. The molecular formula is C23H24FN3O4. The van der Waals surface area contributed by atoms with E-state index in [1.54, 1.807) is 10.6 Å². The van der Waals surface area contributed by atoms with Gasteiger partial charge >= 0.3 is 12.1 Å². The lowest BCUT2D eigenvalue weighted by Crippen LogP contribution is -2.39. The van der Waals surface area contributed by atoms with Crippen LogP contribution in [-0.4, -0.2) is 32.8 Å². The number of rotatable bonds is 6. The fourth-order valence-corrected chi connectivity index (χ4v) is 4.30. The number of carbonyl (C=O) groups is 2. The van der Waals surface area contributed by atoms with Crippen LogP contribution in [0.5, 0.6) is 0 Å². The van der Waals surface area contributed by atoms with Gasteiger partial charge in [-0.05, 0) is 43.4 Å². The maximum absolute atomic E-state index is 13.9. The zero-order valence-electron chi connectivity index (χ0n) is 17.2. The lowest BCUT2D eigenvalue weighted by atomic mass is 9.92. The van der Waals surface area contributed by atoms with Gasteiger partial charge in [-0.2, -0.15) is 4.39 Å². The van der Waals surface area contributed by atoms with Crippen LogP contribution in [0.15, 0.2) is 42.5 Å². The van der Waals surface area contributed by atoms with Crippen LogP contribution in [-0.2, 0) is 29.0 Å². The number of pyridine rings is 1. The second-order valence-electron chi connectivity index (χ2n) is 7.71. The van der Waals surface area contributed by atoms with Gasteiger partial charge in [0.2, 0.25) is 5.95 Å². The zero-order valence-corrected chi connectivity index (χ0v) is 17.2. The highest BCUT2D eigenvalue weighted by atomic mass is 19.1. The predicted molar refractivity (Wildman–Crippen MR) is 112 cm³/mol. The first kappa shape index (κ1) is 20.8. The summed E-state index contributed by atoms with van der Waals surface area (Å²) in [6, 6.07) is 11.3. The molecule has 0 saturated carbocycles. The monoisotopic (exact) mass is 425 g/mol. The van der Waals surface area contributed by atoms with Gasteiger partial charge in [0.05, 0.1) is 11.0 Å². The number of carboxylic acids is 1. The molecule has 0 bridgehead atoms. The third-order valence-electron chi connectivity index (χ3n) is 5.72. The van der Waals surface area contributed by atoms with Crippen LogP contribution in [0.2, 0.25) is 0 Å². The number of nitrogens with zero attached hydrogens (tertiary/aromatic N) is 2. The normalized spacial score (nSPS) is 16.5. The van der Waals surface area contributed by atoms with E-state index < -0.39 is 24.1 Å². The van der Waals surface area contributed by atoms with Crippen molar-refractivity contribution in [2.24, 2.45) is 0 Å². The van der Waals surface area contributed by atoms with Crippen LogP contribution in [0.4, 0.5) is 9.18 Å². The minimum Gasteiger partial charge on any atom is -0.480 e. The first-order chi connectivity index (χ1) is 15.0. The first-order valence-electron chi connectivity index (χ1n) is 10.4. The van der Waals surface area contributed by atoms with E-state index in [4.69, 9.17) is 4.74 Å². The van der Waals surface area contributed by atoms with E-state index >= 15 is 0 Å². The first-order valence-corrected chi connectivity index (χ1v) is 10.4. The number of carbonyl (C=O) groups excluding carboxylic acids is 1. The van der Waals surface area contributed by atoms with Crippen molar-refractivity contribution in [1.82, 2.24) is 14.9 Å². The van der Waals surface area contributed by atoms with Gasteiger partial charge in [-0.25, -0.2) is 14.6 Å². The number of hydrogen-bond acceptors (Lipinski definition) is 4. The van der Waals surface area contributed by atoms with Crippen molar-refractivity contribution in [3.05, 3.63) is 65.2 Å². The Morgan fingerprint density at radius 3 is 2.77 bits per heavy atom. The summed E-state index contributed by atoms with van der Waals surface area (Å²) < 4.78 is 21.0. The van der Waals surface area contributed by atoms with E-state index in [1.807, 2.05) is 37.3 Å². The van der Waals surface area contributed by atoms with Gasteiger partial charge in [-0.3, -0.25) is 0 Å². The molecule has 162 valence electrons. The molecule has 0 radical (unpaired) electrons. The number of carboxylic acid groups (broad SMARTS) is 1. The minimum absolute atomic E-state index is 0.174. The van der Waals surface area contributed by atoms with Crippen molar-refractivity contribution in [2.75, 3.05) is 0 Å². The van der Waals surface area contributed by atoms with Crippen LogP contribution < -0.4 is 5.32 Å². The number of aliphatic carboxylic acids is 1. The molecule has 1 amide bonds. The summed E-state index contributed by atoms with van der Waals surface area (Å²) in [6.07, 6.45) is 1.50. The fraction of sp³-hybridized carbons (Fsp3) is 0.348. The van der Waals surface area contributed by atoms with Gasteiger partial charge in [0.15, 0.2) is 0 Å². The Hall–Kier alpha value is -3.42. The zero-order chi connectivity index (χ0) is 22.0. The molecule has 2 unspecified atom stereocenters. The van der Waals surface area contributed by atoms with Crippen LogP contribution in [0, 0.1) is 5.95 Å². The predicted octanol–water partition coefficient (Wildman–Crippen LogP) is 3.99. The Morgan fingerprint density at radius 1 is 1.29 bits per heavy atom. The minimum atomic E-state index is -0.934. The summed E-state index contributed by atoms with van der Waals surface area (Å²) in [7, 11) is 0. The maximum Gasteiger partial charge on any atom is 0.407 e. The second-order valence-corrected chi connectivity index (χ2v) is 7.71. The number of halogens is 1. The van der Waals surface area contributed by atoms with Crippen LogP contribution in [0.1, 0.15) is 42.6 Å². The summed E-state index contributed by atoms with van der Waals surface area (Å²) >= 11 is 0. The third kappa shape index (κ3) is 4.23. The molecule has 2 heterocycles.